The fourth-order valence-electron chi connectivity index (χ4n) is 2.91. The molecule has 0 atom stereocenters. The molecule has 0 N–H and O–H groups in total. The zero-order valence-electron chi connectivity index (χ0n) is 15.2. The maximum Gasteiger partial charge on any atom is 0.254 e. The highest BCUT2D eigenvalue weighted by Gasteiger charge is 2.18. The summed E-state index contributed by atoms with van der Waals surface area (Å²) in [5, 5.41) is 1.33. The predicted molar refractivity (Wildman–Crippen MR) is 105 cm³/mol. The van der Waals surface area contributed by atoms with Crippen LogP contribution >= 0.6 is 11.6 Å². The van der Waals surface area contributed by atoms with Gasteiger partial charge in [-0.2, -0.15) is 0 Å². The molecule has 0 radical (unpaired) electrons. The third-order valence-corrected chi connectivity index (χ3v) is 4.71. The number of nitrogens with zero attached hydrogens (tertiary/aromatic N) is 2. The molecule has 6 heteroatoms. The lowest BCUT2D eigenvalue weighted by Crippen LogP contribution is -2.33. The zero-order chi connectivity index (χ0) is 19.4. The summed E-state index contributed by atoms with van der Waals surface area (Å²) in [6.45, 7) is 3.03. The number of aryl methyl sites for hydroxylation is 1. The highest BCUT2D eigenvalue weighted by atomic mass is 35.5. The van der Waals surface area contributed by atoms with Crippen molar-refractivity contribution < 1.29 is 13.9 Å². The number of carbonyl (C=O) groups excluding carboxylic acids is 1. The number of pyridine rings is 1. The van der Waals surface area contributed by atoms with E-state index < -0.39 is 0 Å². The van der Waals surface area contributed by atoms with Gasteiger partial charge in [0.2, 0.25) is 0 Å². The SMILES string of the molecule is COCCN(Cc1cc2cccc(C)c2nc1Cl)C(=O)c1ccc(F)cc1. The Balaban J connectivity index is 1.92. The molecule has 3 aromatic rings. The molecule has 1 aromatic heterocycles. The summed E-state index contributed by atoms with van der Waals surface area (Å²) in [7, 11) is 1.58. The van der Waals surface area contributed by atoms with Crippen LogP contribution in [0.25, 0.3) is 10.9 Å². The Hall–Kier alpha value is -2.50. The van der Waals surface area contributed by atoms with E-state index in [4.69, 9.17) is 16.3 Å². The van der Waals surface area contributed by atoms with Crippen LogP contribution in [0.1, 0.15) is 21.5 Å². The maximum absolute atomic E-state index is 13.2. The summed E-state index contributed by atoms with van der Waals surface area (Å²) in [5.41, 5.74) is 3.05. The van der Waals surface area contributed by atoms with Gasteiger partial charge in [-0.1, -0.05) is 29.8 Å². The second-order valence-corrected chi connectivity index (χ2v) is 6.67. The Morgan fingerprint density at radius 1 is 1.22 bits per heavy atom. The number of rotatable bonds is 6. The topological polar surface area (TPSA) is 42.4 Å². The lowest BCUT2D eigenvalue weighted by Gasteiger charge is -2.23. The molecule has 0 saturated carbocycles. The van der Waals surface area contributed by atoms with Crippen molar-refractivity contribution in [2.75, 3.05) is 20.3 Å². The molecule has 2 aromatic carbocycles. The van der Waals surface area contributed by atoms with Gasteiger partial charge in [-0.25, -0.2) is 9.37 Å². The van der Waals surface area contributed by atoms with Crippen molar-refractivity contribution in [3.8, 4) is 0 Å². The first-order valence-electron chi connectivity index (χ1n) is 8.58. The Bertz CT molecular complexity index is 960. The van der Waals surface area contributed by atoms with Crippen LogP contribution in [0.3, 0.4) is 0 Å². The van der Waals surface area contributed by atoms with E-state index in [2.05, 4.69) is 4.98 Å². The number of fused-ring (bicyclic) bond motifs is 1. The molecule has 3 rings (SSSR count). The van der Waals surface area contributed by atoms with Crippen molar-refractivity contribution in [1.82, 2.24) is 9.88 Å². The van der Waals surface area contributed by atoms with Gasteiger partial charge in [-0.3, -0.25) is 4.79 Å². The molecule has 1 heterocycles. The van der Waals surface area contributed by atoms with Gasteiger partial charge >= 0.3 is 0 Å². The molecule has 0 fully saturated rings. The van der Waals surface area contributed by atoms with Gasteiger partial charge in [0.1, 0.15) is 11.0 Å². The van der Waals surface area contributed by atoms with E-state index in [1.165, 1.54) is 24.3 Å². The molecule has 0 aliphatic carbocycles. The number of halogens is 2. The predicted octanol–water partition coefficient (Wildman–Crippen LogP) is 4.62. The number of amides is 1. The molecule has 0 spiro atoms. The minimum absolute atomic E-state index is 0.215. The first kappa shape index (κ1) is 19.3. The summed E-state index contributed by atoms with van der Waals surface area (Å²) in [4.78, 5) is 19.0. The molecule has 0 bridgehead atoms. The van der Waals surface area contributed by atoms with Crippen LogP contribution < -0.4 is 0 Å². The monoisotopic (exact) mass is 386 g/mol. The van der Waals surface area contributed by atoms with E-state index in [1.807, 2.05) is 31.2 Å². The van der Waals surface area contributed by atoms with Gasteiger partial charge in [0.05, 0.1) is 12.1 Å². The van der Waals surface area contributed by atoms with Gasteiger partial charge in [0.15, 0.2) is 0 Å². The highest BCUT2D eigenvalue weighted by Crippen LogP contribution is 2.24. The lowest BCUT2D eigenvalue weighted by molar-refractivity contribution is 0.0680. The first-order chi connectivity index (χ1) is 13.0. The van der Waals surface area contributed by atoms with Crippen LogP contribution in [0.4, 0.5) is 4.39 Å². The number of hydrogen-bond donors (Lipinski definition) is 0. The molecule has 140 valence electrons. The molecule has 27 heavy (non-hydrogen) atoms. The van der Waals surface area contributed by atoms with Crippen LogP contribution in [0.5, 0.6) is 0 Å². The van der Waals surface area contributed by atoms with Gasteiger partial charge in [0.25, 0.3) is 5.91 Å². The number of benzene rings is 2. The summed E-state index contributed by atoms with van der Waals surface area (Å²) in [6.07, 6.45) is 0. The number of aromatic nitrogens is 1. The smallest absolute Gasteiger partial charge is 0.254 e. The number of ether oxygens (including phenoxy) is 1. The van der Waals surface area contributed by atoms with Crippen LogP contribution in [0.2, 0.25) is 5.15 Å². The van der Waals surface area contributed by atoms with Crippen LogP contribution in [0.15, 0.2) is 48.5 Å². The third-order valence-electron chi connectivity index (χ3n) is 4.38. The number of hydrogen-bond acceptors (Lipinski definition) is 3. The Morgan fingerprint density at radius 3 is 2.67 bits per heavy atom. The van der Waals surface area contributed by atoms with E-state index >= 15 is 0 Å². The Morgan fingerprint density at radius 2 is 1.96 bits per heavy atom. The van der Waals surface area contributed by atoms with Crippen molar-refractivity contribution in [2.45, 2.75) is 13.5 Å². The summed E-state index contributed by atoms with van der Waals surface area (Å²) < 4.78 is 18.3. The minimum Gasteiger partial charge on any atom is -0.383 e. The Kier molecular flexibility index (Phi) is 6.04. The van der Waals surface area contributed by atoms with Gasteiger partial charge in [-0.05, 0) is 42.8 Å². The quantitative estimate of drug-likeness (QED) is 0.580. The summed E-state index contributed by atoms with van der Waals surface area (Å²) in [6, 6.07) is 13.4. The Labute approximate surface area is 162 Å². The molecular formula is C21H20ClFN2O2. The van der Waals surface area contributed by atoms with Gasteiger partial charge in [0, 0.05) is 36.7 Å². The molecule has 0 aliphatic heterocycles. The van der Waals surface area contributed by atoms with Crippen LogP contribution in [-0.4, -0.2) is 36.1 Å². The average molecular weight is 387 g/mol. The van der Waals surface area contributed by atoms with Crippen molar-refractivity contribution in [3.63, 3.8) is 0 Å². The van der Waals surface area contributed by atoms with Gasteiger partial charge < -0.3 is 9.64 Å². The minimum atomic E-state index is -0.382. The van der Waals surface area contributed by atoms with E-state index in [9.17, 15) is 9.18 Å². The molecule has 1 amide bonds. The number of methoxy groups -OCH3 is 1. The van der Waals surface area contributed by atoms with E-state index in [-0.39, 0.29) is 18.3 Å². The second-order valence-electron chi connectivity index (χ2n) is 6.31. The normalized spacial score (nSPS) is 11.0. The highest BCUT2D eigenvalue weighted by molar-refractivity contribution is 6.30. The zero-order valence-corrected chi connectivity index (χ0v) is 16.0. The van der Waals surface area contributed by atoms with Crippen LogP contribution in [0, 0.1) is 12.7 Å². The average Bonchev–Trinajstić information content (AvgIpc) is 2.66. The molecule has 0 unspecified atom stereocenters. The van der Waals surface area contributed by atoms with E-state index in [1.54, 1.807) is 12.0 Å². The first-order valence-corrected chi connectivity index (χ1v) is 8.96. The van der Waals surface area contributed by atoms with E-state index in [0.717, 1.165) is 22.0 Å². The molecule has 0 saturated heterocycles. The fraction of sp³-hybridized carbons (Fsp3) is 0.238. The summed E-state index contributed by atoms with van der Waals surface area (Å²) >= 11 is 6.39. The number of para-hydroxylation sites is 1. The van der Waals surface area contributed by atoms with Crippen molar-refractivity contribution >= 4 is 28.4 Å². The van der Waals surface area contributed by atoms with E-state index in [0.29, 0.717) is 23.9 Å². The lowest BCUT2D eigenvalue weighted by atomic mass is 10.1. The standard InChI is InChI=1S/C21H20ClFN2O2/c1-14-4-3-5-16-12-17(20(22)24-19(14)16)13-25(10-11-27-2)21(26)15-6-8-18(23)9-7-15/h3-9,12H,10-11,13H2,1-2H3. The van der Waals surface area contributed by atoms with Crippen molar-refractivity contribution in [2.24, 2.45) is 0 Å². The summed E-state index contributed by atoms with van der Waals surface area (Å²) in [5.74, 6) is -0.598. The molecule has 0 aliphatic rings. The molecule has 4 nitrogen and oxygen atoms in total. The van der Waals surface area contributed by atoms with Crippen LogP contribution in [-0.2, 0) is 11.3 Å². The molecular weight excluding hydrogens is 367 g/mol. The van der Waals surface area contributed by atoms with Gasteiger partial charge in [-0.15, -0.1) is 0 Å². The fourth-order valence-corrected chi connectivity index (χ4v) is 3.11. The largest absolute Gasteiger partial charge is 0.383 e. The number of carbonyl (C=O) groups is 1. The van der Waals surface area contributed by atoms with Crippen molar-refractivity contribution in [3.05, 3.63) is 76.2 Å². The third kappa shape index (κ3) is 4.43. The maximum atomic E-state index is 13.2. The second kappa shape index (κ2) is 8.46. The van der Waals surface area contributed by atoms with Crippen molar-refractivity contribution in [1.29, 1.82) is 0 Å².